The minimum atomic E-state index is -0.574. The topological polar surface area (TPSA) is 55.8 Å². The molecule has 1 atom stereocenters. The van der Waals surface area contributed by atoms with Gasteiger partial charge in [0.1, 0.15) is 6.54 Å². The first kappa shape index (κ1) is 19.2. The van der Waals surface area contributed by atoms with Crippen molar-refractivity contribution in [1.82, 2.24) is 4.90 Å². The van der Waals surface area contributed by atoms with Crippen LogP contribution >= 0.6 is 0 Å². The molecule has 1 unspecified atom stereocenters. The summed E-state index contributed by atoms with van der Waals surface area (Å²) in [4.78, 5) is 25.9. The van der Waals surface area contributed by atoms with Crippen LogP contribution in [0, 0.1) is 5.41 Å². The van der Waals surface area contributed by atoms with Crippen LogP contribution in [0.4, 0.5) is 0 Å². The molecule has 0 heterocycles. The Bertz CT molecular complexity index is 548. The van der Waals surface area contributed by atoms with Crippen molar-refractivity contribution in [3.8, 4) is 0 Å². The monoisotopic (exact) mass is 321 g/mol. The molecule has 0 radical (unpaired) electrons. The molecule has 0 aromatic heterocycles. The number of nitrogens with zero attached hydrogens (tertiary/aromatic N) is 1. The van der Waals surface area contributed by atoms with Crippen LogP contribution in [0.1, 0.15) is 44.9 Å². The maximum absolute atomic E-state index is 12.7. The van der Waals surface area contributed by atoms with Gasteiger partial charge >= 0.3 is 5.97 Å². The summed E-state index contributed by atoms with van der Waals surface area (Å²) in [5.74, 6) is -0.525. The number of amides is 1. The molecule has 1 aromatic carbocycles. The fraction of sp³-hybridized carbons (Fsp3) is 0.556. The molecule has 0 aliphatic heterocycles. The largest absolute Gasteiger partial charge is 0.468 e. The average molecular weight is 321 g/mol. The predicted octanol–water partition coefficient (Wildman–Crippen LogP) is 2.94. The van der Waals surface area contributed by atoms with E-state index in [1.165, 1.54) is 12.0 Å². The van der Waals surface area contributed by atoms with E-state index in [4.69, 9.17) is 9.47 Å². The van der Waals surface area contributed by atoms with E-state index in [2.05, 4.69) is 0 Å². The molecule has 1 amide bonds. The van der Waals surface area contributed by atoms with E-state index >= 15 is 0 Å². The number of carbonyl (C=O) groups is 2. The Morgan fingerprint density at radius 3 is 2.30 bits per heavy atom. The molecule has 5 heteroatoms. The van der Waals surface area contributed by atoms with Crippen LogP contribution in [-0.2, 0) is 25.6 Å². The second kappa shape index (κ2) is 8.11. The van der Waals surface area contributed by atoms with Crippen molar-refractivity contribution in [2.24, 2.45) is 5.41 Å². The highest BCUT2D eigenvalue weighted by atomic mass is 16.5. The Labute approximate surface area is 138 Å². The van der Waals surface area contributed by atoms with Crippen LogP contribution in [0.15, 0.2) is 24.3 Å². The van der Waals surface area contributed by atoms with Gasteiger partial charge in [0.2, 0.25) is 5.91 Å². The van der Waals surface area contributed by atoms with Crippen molar-refractivity contribution in [3.05, 3.63) is 35.4 Å². The van der Waals surface area contributed by atoms with Gasteiger partial charge < -0.3 is 14.4 Å². The molecule has 0 spiro atoms. The zero-order valence-corrected chi connectivity index (χ0v) is 14.9. The Morgan fingerprint density at radius 1 is 1.17 bits per heavy atom. The van der Waals surface area contributed by atoms with E-state index in [1.807, 2.05) is 52.0 Å². The first-order chi connectivity index (χ1) is 10.7. The number of hydrogen-bond acceptors (Lipinski definition) is 4. The highest BCUT2D eigenvalue weighted by molar-refractivity contribution is 5.85. The molecule has 0 fully saturated rings. The quantitative estimate of drug-likeness (QED) is 0.756. The zero-order valence-electron chi connectivity index (χ0n) is 14.9. The van der Waals surface area contributed by atoms with Crippen LogP contribution in [0.2, 0.25) is 0 Å². The lowest BCUT2D eigenvalue weighted by Crippen LogP contribution is -2.42. The second-order valence-electron chi connectivity index (χ2n) is 6.56. The van der Waals surface area contributed by atoms with Gasteiger partial charge in [-0.15, -0.1) is 0 Å². The van der Waals surface area contributed by atoms with Gasteiger partial charge in [-0.05, 0) is 18.1 Å². The van der Waals surface area contributed by atoms with Crippen molar-refractivity contribution in [1.29, 1.82) is 0 Å². The first-order valence-electron chi connectivity index (χ1n) is 7.67. The van der Waals surface area contributed by atoms with Crippen LogP contribution < -0.4 is 0 Å². The highest BCUT2D eigenvalue weighted by Gasteiger charge is 2.29. The summed E-state index contributed by atoms with van der Waals surface area (Å²) in [5.41, 5.74) is 1.39. The minimum Gasteiger partial charge on any atom is -0.468 e. The summed E-state index contributed by atoms with van der Waals surface area (Å²) in [5, 5.41) is 0. The Morgan fingerprint density at radius 2 is 1.78 bits per heavy atom. The summed E-state index contributed by atoms with van der Waals surface area (Å²) in [7, 11) is 2.97. The van der Waals surface area contributed by atoms with E-state index in [-0.39, 0.29) is 18.6 Å². The number of hydrogen-bond donors (Lipinski definition) is 0. The summed E-state index contributed by atoms with van der Waals surface area (Å²) in [6, 6.07) is 7.77. The number of carbonyl (C=O) groups excluding carboxylic acids is 2. The molecule has 0 saturated heterocycles. The number of esters is 1. The molecule has 0 N–H and O–H groups in total. The van der Waals surface area contributed by atoms with Crippen molar-refractivity contribution in [2.75, 3.05) is 20.8 Å². The van der Waals surface area contributed by atoms with Gasteiger partial charge in [0.25, 0.3) is 0 Å². The minimum absolute atomic E-state index is 0.0672. The van der Waals surface area contributed by atoms with E-state index in [0.29, 0.717) is 6.54 Å². The van der Waals surface area contributed by atoms with Crippen LogP contribution in [0.25, 0.3) is 0 Å². The summed E-state index contributed by atoms with van der Waals surface area (Å²) >= 11 is 0. The summed E-state index contributed by atoms with van der Waals surface area (Å²) in [6.07, 6.45) is -0.0871. The third-order valence-corrected chi connectivity index (χ3v) is 3.68. The molecule has 0 saturated carbocycles. The fourth-order valence-electron chi connectivity index (χ4n) is 2.30. The van der Waals surface area contributed by atoms with Gasteiger partial charge in [0, 0.05) is 19.1 Å². The van der Waals surface area contributed by atoms with Gasteiger partial charge in [-0.1, -0.05) is 45.0 Å². The molecule has 1 aromatic rings. The maximum Gasteiger partial charge on any atom is 0.325 e. The van der Waals surface area contributed by atoms with E-state index in [1.54, 1.807) is 7.11 Å². The van der Waals surface area contributed by atoms with Crippen molar-refractivity contribution >= 4 is 11.9 Å². The second-order valence-corrected chi connectivity index (χ2v) is 6.56. The molecular weight excluding hydrogens is 294 g/mol. The van der Waals surface area contributed by atoms with Crippen molar-refractivity contribution in [2.45, 2.75) is 40.3 Å². The number of benzene rings is 1. The van der Waals surface area contributed by atoms with Crippen molar-refractivity contribution < 1.29 is 19.1 Å². The fourth-order valence-corrected chi connectivity index (χ4v) is 2.30. The van der Waals surface area contributed by atoms with Gasteiger partial charge in [0.15, 0.2) is 0 Å². The molecule has 0 bridgehead atoms. The van der Waals surface area contributed by atoms with Gasteiger partial charge in [-0.25, -0.2) is 0 Å². The third kappa shape index (κ3) is 5.36. The molecule has 0 aliphatic rings. The lowest BCUT2D eigenvalue weighted by Gasteiger charge is -2.29. The average Bonchev–Trinajstić information content (AvgIpc) is 2.52. The van der Waals surface area contributed by atoms with Gasteiger partial charge in [-0.2, -0.15) is 0 Å². The Hall–Kier alpha value is -1.88. The lowest BCUT2D eigenvalue weighted by molar-refractivity contribution is -0.150. The number of ether oxygens (including phenoxy) is 2. The maximum atomic E-state index is 12.7. The molecule has 1 rings (SSSR count). The lowest BCUT2D eigenvalue weighted by atomic mass is 9.94. The zero-order chi connectivity index (χ0) is 17.6. The van der Waals surface area contributed by atoms with Crippen LogP contribution in [0.5, 0.6) is 0 Å². The number of rotatable bonds is 6. The standard InChI is InChI=1S/C18H27NO4/c1-13(22-5)15-10-8-7-9-14(15)11-19(12-16(20)23-6)17(21)18(2,3)4/h7-10,13H,11-12H2,1-6H3. The van der Waals surface area contributed by atoms with E-state index < -0.39 is 11.4 Å². The predicted molar refractivity (Wildman–Crippen MR) is 88.8 cm³/mol. The van der Waals surface area contributed by atoms with E-state index in [0.717, 1.165) is 11.1 Å². The van der Waals surface area contributed by atoms with Crippen LogP contribution in [-0.4, -0.2) is 37.5 Å². The molecule has 128 valence electrons. The summed E-state index contributed by atoms with van der Waals surface area (Å²) in [6.45, 7) is 7.74. The normalized spacial score (nSPS) is 12.6. The van der Waals surface area contributed by atoms with E-state index in [9.17, 15) is 9.59 Å². The highest BCUT2D eigenvalue weighted by Crippen LogP contribution is 2.24. The Balaban J connectivity index is 3.11. The van der Waals surface area contributed by atoms with Gasteiger partial charge in [0.05, 0.1) is 13.2 Å². The third-order valence-electron chi connectivity index (χ3n) is 3.68. The SMILES string of the molecule is COC(=O)CN(Cc1ccccc1C(C)OC)C(=O)C(C)(C)C. The molecule has 0 aliphatic carbocycles. The first-order valence-corrected chi connectivity index (χ1v) is 7.67. The Kier molecular flexibility index (Phi) is 6.76. The number of methoxy groups -OCH3 is 2. The summed E-state index contributed by atoms with van der Waals surface area (Å²) < 4.78 is 10.1. The molecule has 23 heavy (non-hydrogen) atoms. The smallest absolute Gasteiger partial charge is 0.325 e. The molecule has 5 nitrogen and oxygen atoms in total. The van der Waals surface area contributed by atoms with Crippen molar-refractivity contribution in [3.63, 3.8) is 0 Å². The molecular formula is C18H27NO4. The van der Waals surface area contributed by atoms with Gasteiger partial charge in [-0.3, -0.25) is 9.59 Å². The van der Waals surface area contributed by atoms with Crippen LogP contribution in [0.3, 0.4) is 0 Å².